The minimum Gasteiger partial charge on any atom is -0.496 e. The largest absolute Gasteiger partial charge is 0.573 e. The Kier molecular flexibility index (Phi) is 8.63. The molecule has 3 fully saturated rings. The van der Waals surface area contributed by atoms with Crippen LogP contribution in [-0.2, 0) is 11.0 Å². The van der Waals surface area contributed by atoms with Crippen molar-refractivity contribution in [2.24, 2.45) is 23.7 Å². The van der Waals surface area contributed by atoms with Gasteiger partial charge in [-0.3, -0.25) is 9.59 Å². The highest BCUT2D eigenvalue weighted by molar-refractivity contribution is 6.00. The lowest BCUT2D eigenvalue weighted by molar-refractivity contribution is -0.274. The Morgan fingerprint density at radius 3 is 2.23 bits per heavy atom. The van der Waals surface area contributed by atoms with Crippen molar-refractivity contribution in [2.45, 2.75) is 44.3 Å². The molecule has 0 heterocycles. The highest BCUT2D eigenvalue weighted by Crippen LogP contribution is 2.54. The number of amides is 2. The molecule has 0 aromatic heterocycles. The third-order valence-electron chi connectivity index (χ3n) is 9.02. The van der Waals surface area contributed by atoms with Gasteiger partial charge in [-0.25, -0.2) is 8.78 Å². The molecule has 0 radical (unpaired) electrons. The smallest absolute Gasteiger partial charge is 0.496 e. The Balaban J connectivity index is 1.31. The fourth-order valence-electron chi connectivity index (χ4n) is 6.81. The SMILES string of the molecule is COc1ccc(-c2cc(OC(F)(F)F)ccc2F)cc1C(=O)N[C@@H]1C2CCC(/C2=C/C2CC2)[C@@H]1C(=O)Nc1ccc(F)c(C(F)(F)F)c1. The molecule has 0 saturated heterocycles. The van der Waals surface area contributed by atoms with Crippen LogP contribution < -0.4 is 20.1 Å². The number of benzene rings is 3. The van der Waals surface area contributed by atoms with Crippen LogP contribution in [0.2, 0.25) is 0 Å². The number of fused-ring (bicyclic) bond motifs is 2. The predicted molar refractivity (Wildman–Crippen MR) is 157 cm³/mol. The van der Waals surface area contributed by atoms with Crippen LogP contribution in [0.4, 0.5) is 40.8 Å². The summed E-state index contributed by atoms with van der Waals surface area (Å²) in [5, 5.41) is 5.37. The first kappa shape index (κ1) is 33.3. The molecule has 2 N–H and O–H groups in total. The van der Waals surface area contributed by atoms with Crippen LogP contribution >= 0.6 is 0 Å². The van der Waals surface area contributed by atoms with Gasteiger partial charge >= 0.3 is 12.5 Å². The maximum absolute atomic E-state index is 14.8. The number of alkyl halides is 6. The second kappa shape index (κ2) is 12.4. The Labute approximate surface area is 269 Å². The van der Waals surface area contributed by atoms with Crippen molar-refractivity contribution in [1.29, 1.82) is 0 Å². The molecule has 0 spiro atoms. The topological polar surface area (TPSA) is 76.7 Å². The highest BCUT2D eigenvalue weighted by Gasteiger charge is 2.55. The average molecular weight is 681 g/mol. The van der Waals surface area contributed by atoms with E-state index >= 15 is 0 Å². The number of rotatable bonds is 8. The van der Waals surface area contributed by atoms with Gasteiger partial charge in [-0.2, -0.15) is 13.2 Å². The molecule has 2 unspecified atom stereocenters. The first-order valence-corrected chi connectivity index (χ1v) is 15.1. The number of ether oxygens (including phenoxy) is 2. The van der Waals surface area contributed by atoms with E-state index in [0.717, 1.165) is 42.7 Å². The summed E-state index contributed by atoms with van der Waals surface area (Å²) < 4.78 is 116. The van der Waals surface area contributed by atoms with E-state index in [1.165, 1.54) is 25.3 Å². The Hall–Kier alpha value is -4.62. The van der Waals surface area contributed by atoms with Crippen LogP contribution in [0.1, 0.15) is 41.6 Å². The van der Waals surface area contributed by atoms with E-state index in [0.29, 0.717) is 30.9 Å². The van der Waals surface area contributed by atoms with Gasteiger partial charge in [-0.15, -0.1) is 13.2 Å². The summed E-state index contributed by atoms with van der Waals surface area (Å²) >= 11 is 0. The number of anilines is 1. The molecule has 4 atom stereocenters. The van der Waals surface area contributed by atoms with Gasteiger partial charge in [0.05, 0.1) is 24.2 Å². The second-order valence-corrected chi connectivity index (χ2v) is 12.1. The lowest BCUT2D eigenvalue weighted by Gasteiger charge is -2.30. The summed E-state index contributed by atoms with van der Waals surface area (Å²) in [6.07, 6.45) is -4.70. The number of carbonyl (C=O) groups excluding carboxylic acids is 2. The minimum atomic E-state index is -5.02. The normalized spacial score (nSPS) is 22.9. The third-order valence-corrected chi connectivity index (χ3v) is 9.02. The molecule has 6 nitrogen and oxygen atoms in total. The number of allylic oxidation sites excluding steroid dienone is 1. The number of hydrogen-bond acceptors (Lipinski definition) is 4. The predicted octanol–water partition coefficient (Wildman–Crippen LogP) is 8.29. The van der Waals surface area contributed by atoms with Gasteiger partial charge in [0.2, 0.25) is 5.91 Å². The lowest BCUT2D eigenvalue weighted by Crippen LogP contribution is -2.48. The molecule has 6 rings (SSSR count). The lowest BCUT2D eigenvalue weighted by atomic mass is 9.83. The van der Waals surface area contributed by atoms with Gasteiger partial charge in [0, 0.05) is 23.2 Å². The van der Waals surface area contributed by atoms with Crippen molar-refractivity contribution in [2.75, 3.05) is 12.4 Å². The number of nitrogens with one attached hydrogen (secondary N) is 2. The van der Waals surface area contributed by atoms with E-state index in [9.17, 15) is 44.7 Å². The zero-order chi connectivity index (χ0) is 34.5. The molecule has 3 aromatic carbocycles. The minimum absolute atomic E-state index is 0.0411. The zero-order valence-electron chi connectivity index (χ0n) is 25.1. The molecular weight excluding hydrogens is 652 g/mol. The molecule has 14 heteroatoms. The van der Waals surface area contributed by atoms with Crippen LogP contribution in [0.25, 0.3) is 11.1 Å². The van der Waals surface area contributed by atoms with Crippen molar-refractivity contribution >= 4 is 17.5 Å². The molecule has 254 valence electrons. The van der Waals surface area contributed by atoms with Gasteiger partial charge < -0.3 is 20.1 Å². The van der Waals surface area contributed by atoms with Gasteiger partial charge in [0.15, 0.2) is 0 Å². The maximum Gasteiger partial charge on any atom is 0.573 e. The molecule has 3 saturated carbocycles. The summed E-state index contributed by atoms with van der Waals surface area (Å²) in [4.78, 5) is 27.6. The van der Waals surface area contributed by atoms with Crippen LogP contribution in [-0.4, -0.2) is 31.3 Å². The van der Waals surface area contributed by atoms with Crippen molar-refractivity contribution in [3.63, 3.8) is 0 Å². The number of hydrogen-bond donors (Lipinski definition) is 2. The highest BCUT2D eigenvalue weighted by atomic mass is 19.4. The van der Waals surface area contributed by atoms with Crippen LogP contribution in [0, 0.1) is 35.3 Å². The summed E-state index contributed by atoms with van der Waals surface area (Å²) in [5.41, 5.74) is -1.15. The maximum atomic E-state index is 14.8. The third kappa shape index (κ3) is 6.83. The van der Waals surface area contributed by atoms with E-state index in [4.69, 9.17) is 4.74 Å². The van der Waals surface area contributed by atoms with E-state index < -0.39 is 59.3 Å². The first-order valence-electron chi connectivity index (χ1n) is 15.1. The molecule has 2 amide bonds. The summed E-state index contributed by atoms with van der Waals surface area (Å²) in [5.74, 6) is -5.47. The summed E-state index contributed by atoms with van der Waals surface area (Å²) in [7, 11) is 1.28. The van der Waals surface area contributed by atoms with Gasteiger partial charge in [0.1, 0.15) is 23.1 Å². The average Bonchev–Trinajstić information content (AvgIpc) is 3.69. The number of carbonyl (C=O) groups is 2. The van der Waals surface area contributed by atoms with Gasteiger partial charge in [-0.1, -0.05) is 17.7 Å². The first-order chi connectivity index (χ1) is 22.6. The van der Waals surface area contributed by atoms with E-state index in [1.807, 2.05) is 0 Å². The molecule has 3 aliphatic rings. The molecule has 0 aliphatic heterocycles. The van der Waals surface area contributed by atoms with Gasteiger partial charge in [-0.05, 0) is 91.6 Å². The molecule has 48 heavy (non-hydrogen) atoms. The Morgan fingerprint density at radius 2 is 1.56 bits per heavy atom. The van der Waals surface area contributed by atoms with Crippen molar-refractivity contribution in [3.8, 4) is 22.6 Å². The number of methoxy groups -OCH3 is 1. The van der Waals surface area contributed by atoms with E-state index in [1.54, 1.807) is 0 Å². The zero-order valence-corrected chi connectivity index (χ0v) is 25.1. The fourth-order valence-corrected chi connectivity index (χ4v) is 6.81. The van der Waals surface area contributed by atoms with Crippen LogP contribution in [0.5, 0.6) is 11.5 Å². The van der Waals surface area contributed by atoms with E-state index in [2.05, 4.69) is 21.4 Å². The van der Waals surface area contributed by atoms with E-state index in [-0.39, 0.29) is 40.0 Å². The van der Waals surface area contributed by atoms with Crippen molar-refractivity contribution in [3.05, 3.63) is 89.0 Å². The fraction of sp³-hybridized carbons (Fsp3) is 0.353. The standard InChI is InChI=1S/C34H28F8N2O4/c1-47-28-11-4-17(22-15-19(6-10-26(22)35)48-34(40,41)42)13-24(28)31(45)44-30-21-8-7-20(23(21)12-16-2-3-16)29(30)32(46)43-18-5-9-27(36)25(14-18)33(37,38)39/h4-6,9-16,20-21,29-30H,2-3,7-8H2,1H3,(H,43,46)(H,44,45)/b23-12-/t20?,21?,29-,30+/m0/s1. The Morgan fingerprint density at radius 1 is 0.854 bits per heavy atom. The van der Waals surface area contributed by atoms with Gasteiger partial charge in [0.25, 0.3) is 5.91 Å². The van der Waals surface area contributed by atoms with Crippen LogP contribution in [0.15, 0.2) is 66.2 Å². The number of halogens is 8. The summed E-state index contributed by atoms with van der Waals surface area (Å²) in [6, 6.07) is 7.75. The molecular formula is C34H28F8N2O4. The second-order valence-electron chi connectivity index (χ2n) is 12.1. The Bertz CT molecular complexity index is 1780. The summed E-state index contributed by atoms with van der Waals surface area (Å²) in [6.45, 7) is 0. The molecule has 2 bridgehead atoms. The monoisotopic (exact) mass is 680 g/mol. The molecule has 3 aliphatic carbocycles. The van der Waals surface area contributed by atoms with Crippen molar-refractivity contribution < 1.29 is 54.2 Å². The molecule has 3 aromatic rings. The quantitative estimate of drug-likeness (QED) is 0.186. The van der Waals surface area contributed by atoms with Crippen molar-refractivity contribution in [1.82, 2.24) is 5.32 Å². The van der Waals surface area contributed by atoms with Crippen LogP contribution in [0.3, 0.4) is 0 Å².